The van der Waals surface area contributed by atoms with Crippen LogP contribution in [0.15, 0.2) is 59.1 Å². The zero-order valence-electron chi connectivity index (χ0n) is 17.4. The summed E-state index contributed by atoms with van der Waals surface area (Å²) in [6.07, 6.45) is 1.00. The van der Waals surface area contributed by atoms with Gasteiger partial charge in [0, 0.05) is 30.1 Å². The molecule has 2 amide bonds. The van der Waals surface area contributed by atoms with Crippen LogP contribution in [0.25, 0.3) is 11.4 Å². The van der Waals surface area contributed by atoms with E-state index in [1.165, 1.54) is 0 Å². The molecular formula is C23H24N4O4. The molecule has 2 N–H and O–H groups in total. The molecule has 1 heterocycles. The van der Waals surface area contributed by atoms with E-state index in [-0.39, 0.29) is 29.7 Å². The van der Waals surface area contributed by atoms with Crippen molar-refractivity contribution in [2.24, 2.45) is 5.92 Å². The lowest BCUT2D eigenvalue weighted by atomic mass is 10.0. The maximum absolute atomic E-state index is 12.9. The van der Waals surface area contributed by atoms with Crippen LogP contribution in [0, 0.1) is 5.92 Å². The van der Waals surface area contributed by atoms with Crippen LogP contribution in [0.1, 0.15) is 35.0 Å². The highest BCUT2D eigenvalue weighted by atomic mass is 16.5. The lowest BCUT2D eigenvalue weighted by Gasteiger charge is -2.18. The molecule has 0 aliphatic heterocycles. The smallest absolute Gasteiger partial charge is 0.251 e. The van der Waals surface area contributed by atoms with E-state index in [0.717, 1.165) is 5.56 Å². The summed E-state index contributed by atoms with van der Waals surface area (Å²) in [7, 11) is 3.16. The highest BCUT2D eigenvalue weighted by Crippen LogP contribution is 2.39. The van der Waals surface area contributed by atoms with E-state index in [1.54, 1.807) is 38.4 Å². The highest BCUT2D eigenvalue weighted by molar-refractivity contribution is 5.95. The summed E-state index contributed by atoms with van der Waals surface area (Å²) in [5.74, 6) is 0.681. The van der Waals surface area contributed by atoms with Gasteiger partial charge in [-0.1, -0.05) is 41.6 Å². The van der Waals surface area contributed by atoms with Gasteiger partial charge in [0.05, 0.1) is 13.0 Å². The Morgan fingerprint density at radius 1 is 1.10 bits per heavy atom. The van der Waals surface area contributed by atoms with E-state index < -0.39 is 0 Å². The largest absolute Gasteiger partial charge is 0.497 e. The van der Waals surface area contributed by atoms with Gasteiger partial charge in [-0.05, 0) is 31.0 Å². The van der Waals surface area contributed by atoms with Crippen molar-refractivity contribution in [1.82, 2.24) is 20.8 Å². The predicted molar refractivity (Wildman–Crippen MR) is 114 cm³/mol. The van der Waals surface area contributed by atoms with Crippen molar-refractivity contribution in [3.05, 3.63) is 66.1 Å². The van der Waals surface area contributed by atoms with E-state index in [1.807, 2.05) is 30.3 Å². The number of ether oxygens (including phenoxy) is 1. The maximum atomic E-state index is 12.9. The Hall–Kier alpha value is -3.68. The molecule has 0 radical (unpaired) electrons. The average molecular weight is 420 g/mol. The van der Waals surface area contributed by atoms with Gasteiger partial charge in [0.25, 0.3) is 5.91 Å². The molecule has 8 heteroatoms. The molecule has 0 bridgehead atoms. The van der Waals surface area contributed by atoms with Crippen LogP contribution in [0.3, 0.4) is 0 Å². The van der Waals surface area contributed by atoms with Crippen molar-refractivity contribution in [3.63, 3.8) is 0 Å². The molecule has 3 aromatic rings. The number of nitrogens with one attached hydrogen (secondary N) is 2. The molecule has 1 fully saturated rings. The third-order valence-electron chi connectivity index (χ3n) is 5.62. The maximum Gasteiger partial charge on any atom is 0.251 e. The normalized spacial score (nSPS) is 20.3. The molecule has 1 aromatic heterocycles. The quantitative estimate of drug-likeness (QED) is 0.635. The summed E-state index contributed by atoms with van der Waals surface area (Å²) < 4.78 is 10.8. The molecule has 8 nitrogen and oxygen atoms in total. The number of aromatic nitrogens is 2. The second kappa shape index (κ2) is 8.99. The first-order chi connectivity index (χ1) is 15.1. The Morgan fingerprint density at radius 3 is 2.65 bits per heavy atom. The minimum absolute atomic E-state index is 0.0640. The number of carbonyl (C=O) groups is 2. The molecule has 4 rings (SSSR count). The summed E-state index contributed by atoms with van der Waals surface area (Å²) in [5.41, 5.74) is 1.33. The van der Waals surface area contributed by atoms with E-state index in [0.29, 0.717) is 35.9 Å². The Labute approximate surface area is 180 Å². The molecule has 1 aliphatic carbocycles. The SMILES string of the molecule is CNC(=O)[C@H]1C[C@H](NC(=O)c2cccc(OC)c2)[C@H](c2nc(-c3ccccc3)no2)C1. The highest BCUT2D eigenvalue weighted by Gasteiger charge is 2.42. The number of benzene rings is 2. The van der Waals surface area contributed by atoms with E-state index in [4.69, 9.17) is 9.26 Å². The van der Waals surface area contributed by atoms with Crippen LogP contribution >= 0.6 is 0 Å². The van der Waals surface area contributed by atoms with Gasteiger partial charge in [-0.3, -0.25) is 9.59 Å². The van der Waals surface area contributed by atoms with Gasteiger partial charge >= 0.3 is 0 Å². The number of nitrogens with zero attached hydrogens (tertiary/aromatic N) is 2. The summed E-state index contributed by atoms with van der Waals surface area (Å²) >= 11 is 0. The number of methoxy groups -OCH3 is 1. The van der Waals surface area contributed by atoms with Crippen LogP contribution in [-0.2, 0) is 4.79 Å². The monoisotopic (exact) mass is 420 g/mol. The molecule has 160 valence electrons. The lowest BCUT2D eigenvalue weighted by molar-refractivity contribution is -0.124. The first-order valence-corrected chi connectivity index (χ1v) is 10.1. The van der Waals surface area contributed by atoms with Crippen molar-refractivity contribution in [2.75, 3.05) is 14.2 Å². The lowest BCUT2D eigenvalue weighted by Crippen LogP contribution is -2.37. The number of hydrogen-bond acceptors (Lipinski definition) is 6. The summed E-state index contributed by atoms with van der Waals surface area (Å²) in [5, 5.41) is 9.85. The minimum atomic E-state index is -0.315. The van der Waals surface area contributed by atoms with Gasteiger partial charge < -0.3 is 19.9 Å². The minimum Gasteiger partial charge on any atom is -0.497 e. The molecule has 0 unspecified atom stereocenters. The zero-order chi connectivity index (χ0) is 21.8. The summed E-state index contributed by atoms with van der Waals surface area (Å²) in [6, 6.07) is 16.1. The van der Waals surface area contributed by atoms with Gasteiger partial charge in [-0.25, -0.2) is 0 Å². The Bertz CT molecular complexity index is 1070. The number of carbonyl (C=O) groups excluding carboxylic acids is 2. The molecule has 0 spiro atoms. The van der Waals surface area contributed by atoms with Crippen molar-refractivity contribution in [3.8, 4) is 17.1 Å². The van der Waals surface area contributed by atoms with E-state index in [9.17, 15) is 9.59 Å². The Balaban J connectivity index is 1.57. The fourth-order valence-electron chi connectivity index (χ4n) is 3.99. The second-order valence-electron chi connectivity index (χ2n) is 7.52. The predicted octanol–water partition coefficient (Wildman–Crippen LogP) is 2.78. The molecular weight excluding hydrogens is 396 g/mol. The van der Waals surface area contributed by atoms with Gasteiger partial charge in [-0.2, -0.15) is 4.98 Å². The van der Waals surface area contributed by atoms with Crippen LogP contribution in [0.5, 0.6) is 5.75 Å². The standard InChI is InChI=1S/C23H24N4O4/c1-24-21(28)16-12-18(23-26-20(27-31-23)14-7-4-3-5-8-14)19(13-16)25-22(29)15-9-6-10-17(11-15)30-2/h3-11,16,18-19H,12-13H2,1-2H3,(H,24,28)(H,25,29)/t16-,18-,19+/m1/s1. The number of amides is 2. The fraction of sp³-hybridized carbons (Fsp3) is 0.304. The van der Waals surface area contributed by atoms with Crippen LogP contribution < -0.4 is 15.4 Å². The van der Waals surface area contributed by atoms with Crippen molar-refractivity contribution in [2.45, 2.75) is 24.8 Å². The van der Waals surface area contributed by atoms with Gasteiger partial charge in [-0.15, -0.1) is 0 Å². The molecule has 0 saturated heterocycles. The molecule has 1 aliphatic rings. The first-order valence-electron chi connectivity index (χ1n) is 10.1. The fourth-order valence-corrected chi connectivity index (χ4v) is 3.99. The van der Waals surface area contributed by atoms with Crippen LogP contribution in [0.4, 0.5) is 0 Å². The van der Waals surface area contributed by atoms with E-state index >= 15 is 0 Å². The average Bonchev–Trinajstić information content (AvgIpc) is 3.46. The van der Waals surface area contributed by atoms with Crippen molar-refractivity contribution < 1.29 is 18.8 Å². The van der Waals surface area contributed by atoms with Crippen molar-refractivity contribution >= 4 is 11.8 Å². The summed E-state index contributed by atoms with van der Waals surface area (Å²) in [6.45, 7) is 0. The van der Waals surface area contributed by atoms with Gasteiger partial charge in [0.15, 0.2) is 0 Å². The second-order valence-corrected chi connectivity index (χ2v) is 7.52. The van der Waals surface area contributed by atoms with Gasteiger partial charge in [0.1, 0.15) is 5.75 Å². The number of rotatable bonds is 6. The zero-order valence-corrected chi connectivity index (χ0v) is 17.4. The Morgan fingerprint density at radius 2 is 1.90 bits per heavy atom. The molecule has 2 aromatic carbocycles. The van der Waals surface area contributed by atoms with E-state index in [2.05, 4.69) is 20.8 Å². The van der Waals surface area contributed by atoms with Crippen LogP contribution in [0.2, 0.25) is 0 Å². The van der Waals surface area contributed by atoms with Crippen molar-refractivity contribution in [1.29, 1.82) is 0 Å². The first kappa shape index (κ1) is 20.6. The van der Waals surface area contributed by atoms with Crippen LogP contribution in [-0.4, -0.2) is 42.2 Å². The number of hydrogen-bond donors (Lipinski definition) is 2. The molecule has 3 atom stereocenters. The van der Waals surface area contributed by atoms with Gasteiger partial charge in [0.2, 0.25) is 17.6 Å². The summed E-state index contributed by atoms with van der Waals surface area (Å²) in [4.78, 5) is 29.7. The third-order valence-corrected chi connectivity index (χ3v) is 5.62. The Kier molecular flexibility index (Phi) is 5.97. The molecule has 31 heavy (non-hydrogen) atoms. The topological polar surface area (TPSA) is 106 Å². The molecule has 1 saturated carbocycles. The third kappa shape index (κ3) is 4.42.